The number of sulfonamides is 1. The molecule has 1 N–H and O–H groups in total. The highest BCUT2D eigenvalue weighted by atomic mass is 32.2. The van der Waals surface area contributed by atoms with E-state index in [0.29, 0.717) is 24.7 Å². The first kappa shape index (κ1) is 21.9. The minimum atomic E-state index is -3.91. The van der Waals surface area contributed by atoms with Gasteiger partial charge in [0.25, 0.3) is 0 Å². The number of rotatable bonds is 7. The molecule has 0 saturated heterocycles. The number of fused-ring (bicyclic) bond motifs is 1. The molecule has 1 aliphatic rings. The summed E-state index contributed by atoms with van der Waals surface area (Å²) in [6.45, 7) is 4.39. The second-order valence-corrected chi connectivity index (χ2v) is 8.93. The lowest BCUT2D eigenvalue weighted by Crippen LogP contribution is -2.50. The lowest BCUT2D eigenvalue weighted by Gasteiger charge is -2.31. The van der Waals surface area contributed by atoms with E-state index in [0.717, 1.165) is 22.2 Å². The predicted octanol–water partition coefficient (Wildman–Crippen LogP) is 3.02. The lowest BCUT2D eigenvalue weighted by atomic mass is 10.1. The Balaban J connectivity index is 1.85. The summed E-state index contributed by atoms with van der Waals surface area (Å²) in [5, 5.41) is 2.83. The lowest BCUT2D eigenvalue weighted by molar-refractivity contribution is -0.122. The highest BCUT2D eigenvalue weighted by Crippen LogP contribution is 2.33. The highest BCUT2D eigenvalue weighted by Gasteiger charge is 2.33. The van der Waals surface area contributed by atoms with Gasteiger partial charge >= 0.3 is 0 Å². The second-order valence-electron chi connectivity index (χ2n) is 7.07. The van der Waals surface area contributed by atoms with Gasteiger partial charge in [-0.1, -0.05) is 25.1 Å². The third-order valence-corrected chi connectivity index (χ3v) is 6.01. The van der Waals surface area contributed by atoms with E-state index in [1.165, 1.54) is 18.2 Å². The summed E-state index contributed by atoms with van der Waals surface area (Å²) >= 11 is 0. The number of anilines is 1. The molecule has 0 aromatic heterocycles. The van der Waals surface area contributed by atoms with Crippen LogP contribution in [0.15, 0.2) is 42.5 Å². The van der Waals surface area contributed by atoms with E-state index < -0.39 is 33.8 Å². The summed E-state index contributed by atoms with van der Waals surface area (Å²) in [5.74, 6) is -0.00333. The largest absolute Gasteiger partial charge is 0.486 e. The quantitative estimate of drug-likeness (QED) is 0.721. The molecule has 7 nitrogen and oxygen atoms in total. The highest BCUT2D eigenvalue weighted by molar-refractivity contribution is 7.92. The van der Waals surface area contributed by atoms with Crippen LogP contribution in [0.1, 0.15) is 31.9 Å². The molecule has 9 heteroatoms. The van der Waals surface area contributed by atoms with E-state index in [9.17, 15) is 17.6 Å². The summed E-state index contributed by atoms with van der Waals surface area (Å²) in [7, 11) is -3.91. The Bertz CT molecular complexity index is 1030. The second kappa shape index (κ2) is 8.91. The monoisotopic (exact) mass is 436 g/mol. The summed E-state index contributed by atoms with van der Waals surface area (Å²) < 4.78 is 51.2. The number of nitrogens with one attached hydrogen (secondary N) is 1. The summed E-state index contributed by atoms with van der Waals surface area (Å²) in [6, 6.07) is 9.33. The van der Waals surface area contributed by atoms with Crippen LogP contribution in [0.3, 0.4) is 0 Å². The van der Waals surface area contributed by atoms with Crippen molar-refractivity contribution in [2.45, 2.75) is 32.4 Å². The Hall–Kier alpha value is -2.81. The number of hydrogen-bond donors (Lipinski definition) is 1. The zero-order chi connectivity index (χ0) is 21.9. The zero-order valence-electron chi connectivity index (χ0n) is 17.1. The van der Waals surface area contributed by atoms with Gasteiger partial charge in [0.15, 0.2) is 11.5 Å². The molecule has 0 unspecified atom stereocenters. The van der Waals surface area contributed by atoms with E-state index in [2.05, 4.69) is 5.32 Å². The molecule has 0 bridgehead atoms. The van der Waals surface area contributed by atoms with Gasteiger partial charge in [-0.05, 0) is 43.2 Å². The smallest absolute Gasteiger partial charge is 0.244 e. The van der Waals surface area contributed by atoms with Gasteiger partial charge in [-0.25, -0.2) is 12.8 Å². The molecule has 1 aliphatic heterocycles. The molecule has 30 heavy (non-hydrogen) atoms. The molecule has 0 radical (unpaired) electrons. The molecule has 0 spiro atoms. The van der Waals surface area contributed by atoms with E-state index in [1.54, 1.807) is 26.0 Å². The number of carbonyl (C=O) groups excluding carboxylic acids is 1. The normalized spacial score (nSPS) is 15.2. The maximum Gasteiger partial charge on any atom is 0.244 e. The minimum Gasteiger partial charge on any atom is -0.486 e. The molecule has 162 valence electrons. The number of ether oxygens (including phenoxy) is 2. The van der Waals surface area contributed by atoms with Crippen molar-refractivity contribution >= 4 is 21.6 Å². The van der Waals surface area contributed by atoms with Gasteiger partial charge in [0.1, 0.15) is 25.1 Å². The predicted molar refractivity (Wildman–Crippen MR) is 112 cm³/mol. The van der Waals surface area contributed by atoms with Crippen molar-refractivity contribution in [2.75, 3.05) is 23.8 Å². The van der Waals surface area contributed by atoms with Crippen LogP contribution in [-0.2, 0) is 14.8 Å². The van der Waals surface area contributed by atoms with Crippen molar-refractivity contribution in [3.8, 4) is 11.5 Å². The van der Waals surface area contributed by atoms with Gasteiger partial charge in [-0.15, -0.1) is 0 Å². The van der Waals surface area contributed by atoms with Gasteiger partial charge in [0.05, 0.1) is 18.0 Å². The van der Waals surface area contributed by atoms with Crippen molar-refractivity contribution in [1.82, 2.24) is 5.32 Å². The Morgan fingerprint density at radius 3 is 2.47 bits per heavy atom. The van der Waals surface area contributed by atoms with Gasteiger partial charge in [0.2, 0.25) is 15.9 Å². The first-order valence-corrected chi connectivity index (χ1v) is 11.5. The fourth-order valence-electron chi connectivity index (χ4n) is 3.39. The molecule has 0 aliphatic carbocycles. The van der Waals surface area contributed by atoms with Gasteiger partial charge in [-0.2, -0.15) is 0 Å². The Labute approximate surface area is 175 Å². The third kappa shape index (κ3) is 4.67. The maximum atomic E-state index is 14.4. The van der Waals surface area contributed by atoms with E-state index in [-0.39, 0.29) is 12.1 Å². The summed E-state index contributed by atoms with van der Waals surface area (Å²) in [5.41, 5.74) is 0.619. The first-order valence-electron chi connectivity index (χ1n) is 9.66. The standard InChI is InChI=1S/C21H25FN2O5S/c1-4-17(24(30(3,26)27)18-8-6-5-7-16(18)22)21(25)23-14(2)15-9-10-19-20(13-15)29-12-11-28-19/h5-10,13-14,17H,4,11-12H2,1-3H3,(H,23,25)/t14-,17-/m1/s1. The van der Waals surface area contributed by atoms with Crippen LogP contribution in [0.2, 0.25) is 0 Å². The van der Waals surface area contributed by atoms with E-state index in [1.807, 2.05) is 6.07 Å². The van der Waals surface area contributed by atoms with Crippen molar-refractivity contribution in [3.63, 3.8) is 0 Å². The number of para-hydroxylation sites is 1. The number of nitrogens with zero attached hydrogens (tertiary/aromatic N) is 1. The number of amides is 1. The molecule has 1 heterocycles. The Morgan fingerprint density at radius 2 is 1.83 bits per heavy atom. The van der Waals surface area contributed by atoms with Gasteiger partial charge in [-0.3, -0.25) is 9.10 Å². The average Bonchev–Trinajstić information content (AvgIpc) is 2.71. The topological polar surface area (TPSA) is 84.9 Å². The van der Waals surface area contributed by atoms with Crippen molar-refractivity contribution < 1.29 is 27.1 Å². The van der Waals surface area contributed by atoms with Gasteiger partial charge < -0.3 is 14.8 Å². The number of halogens is 1. The number of benzene rings is 2. The van der Waals surface area contributed by atoms with Crippen LogP contribution in [-0.4, -0.2) is 39.8 Å². The van der Waals surface area contributed by atoms with Crippen molar-refractivity contribution in [1.29, 1.82) is 0 Å². The van der Waals surface area contributed by atoms with Crippen LogP contribution < -0.4 is 19.1 Å². The molecule has 2 aromatic carbocycles. The fraction of sp³-hybridized carbons (Fsp3) is 0.381. The van der Waals surface area contributed by atoms with Crippen molar-refractivity contribution in [2.24, 2.45) is 0 Å². The fourth-order valence-corrected chi connectivity index (χ4v) is 4.60. The zero-order valence-corrected chi connectivity index (χ0v) is 17.9. The van der Waals surface area contributed by atoms with E-state index >= 15 is 0 Å². The maximum absolute atomic E-state index is 14.4. The average molecular weight is 437 g/mol. The third-order valence-electron chi connectivity index (χ3n) is 4.84. The van der Waals surface area contributed by atoms with Crippen molar-refractivity contribution in [3.05, 3.63) is 53.8 Å². The molecule has 3 rings (SSSR count). The molecular weight excluding hydrogens is 411 g/mol. The number of hydrogen-bond acceptors (Lipinski definition) is 5. The molecule has 1 amide bonds. The van der Waals surface area contributed by atoms with Crippen LogP contribution in [0.5, 0.6) is 11.5 Å². The van der Waals surface area contributed by atoms with Crippen LogP contribution >= 0.6 is 0 Å². The SMILES string of the molecule is CC[C@H](C(=O)N[C@H](C)c1ccc2c(c1)OCCO2)N(c1ccccc1F)S(C)(=O)=O. The molecule has 2 atom stereocenters. The molecule has 2 aromatic rings. The van der Waals surface area contributed by atoms with Gasteiger partial charge in [0, 0.05) is 0 Å². The summed E-state index contributed by atoms with van der Waals surface area (Å²) in [6.07, 6.45) is 1.13. The number of carbonyl (C=O) groups is 1. The van der Waals surface area contributed by atoms with Crippen LogP contribution in [0.4, 0.5) is 10.1 Å². The van der Waals surface area contributed by atoms with E-state index in [4.69, 9.17) is 9.47 Å². The van der Waals surface area contributed by atoms with Crippen LogP contribution in [0.25, 0.3) is 0 Å². The Kier molecular flexibility index (Phi) is 6.50. The molecule has 0 saturated carbocycles. The Morgan fingerprint density at radius 1 is 1.17 bits per heavy atom. The minimum absolute atomic E-state index is 0.158. The summed E-state index contributed by atoms with van der Waals surface area (Å²) in [4.78, 5) is 13.0. The molecule has 0 fully saturated rings. The van der Waals surface area contributed by atoms with Crippen LogP contribution in [0, 0.1) is 5.82 Å². The first-order chi connectivity index (χ1) is 14.2. The molecular formula is C21H25FN2O5S.